The lowest BCUT2D eigenvalue weighted by atomic mass is 10.2. The predicted octanol–water partition coefficient (Wildman–Crippen LogP) is 1.70. The normalized spacial score (nSPS) is 12.2. The number of esters is 1. The van der Waals surface area contributed by atoms with E-state index in [2.05, 4.69) is 10.1 Å². The van der Waals surface area contributed by atoms with Gasteiger partial charge in [-0.1, -0.05) is 0 Å². The minimum atomic E-state index is -0.774. The number of nitrogens with zero attached hydrogens (tertiary/aromatic N) is 1. The second kappa shape index (κ2) is 8.64. The summed E-state index contributed by atoms with van der Waals surface area (Å²) < 4.78 is 9.68. The summed E-state index contributed by atoms with van der Waals surface area (Å²) in [5.74, 6) is 0.406. The van der Waals surface area contributed by atoms with Crippen LogP contribution in [0, 0.1) is 11.3 Å². The van der Waals surface area contributed by atoms with Crippen LogP contribution < -0.4 is 5.32 Å². The summed E-state index contributed by atoms with van der Waals surface area (Å²) in [6, 6.07) is 1.23. The van der Waals surface area contributed by atoms with Gasteiger partial charge in [-0.05, 0) is 20.8 Å². The highest BCUT2D eigenvalue weighted by Gasteiger charge is 2.24. The highest BCUT2D eigenvalue weighted by atomic mass is 32.2. The van der Waals surface area contributed by atoms with Crippen LogP contribution in [-0.4, -0.2) is 42.3 Å². The third-order valence-corrected chi connectivity index (χ3v) is 2.88. The summed E-state index contributed by atoms with van der Waals surface area (Å²) in [6.45, 7) is 5.21. The van der Waals surface area contributed by atoms with E-state index in [-0.39, 0.29) is 0 Å². The number of alkyl carbamates (subject to hydrolysis) is 1. The molecule has 1 unspecified atom stereocenters. The maximum Gasteiger partial charge on any atom is 0.408 e. The van der Waals surface area contributed by atoms with Gasteiger partial charge in [-0.25, -0.2) is 9.59 Å². The smallest absolute Gasteiger partial charge is 0.408 e. The zero-order valence-corrected chi connectivity index (χ0v) is 12.5. The third kappa shape index (κ3) is 9.19. The summed E-state index contributed by atoms with van der Waals surface area (Å²) >= 11 is 1.40. The van der Waals surface area contributed by atoms with Crippen LogP contribution in [0.25, 0.3) is 0 Å². The number of ether oxygens (including phenoxy) is 2. The number of methoxy groups -OCH3 is 1. The number of carbonyl (C=O) groups is 2. The summed E-state index contributed by atoms with van der Waals surface area (Å²) in [5, 5.41) is 10.9. The number of hydrogen-bond donors (Lipinski definition) is 1. The minimum Gasteiger partial charge on any atom is -0.467 e. The molecule has 0 aromatic heterocycles. The molecule has 0 fully saturated rings. The van der Waals surface area contributed by atoms with Crippen molar-refractivity contribution in [1.29, 1.82) is 5.26 Å². The van der Waals surface area contributed by atoms with Crippen LogP contribution in [-0.2, 0) is 14.3 Å². The second-order valence-electron chi connectivity index (χ2n) is 4.71. The van der Waals surface area contributed by atoms with E-state index in [1.54, 1.807) is 20.8 Å². The first-order valence-electron chi connectivity index (χ1n) is 5.82. The number of thioether (sulfide) groups is 1. The van der Waals surface area contributed by atoms with Crippen molar-refractivity contribution in [2.75, 3.05) is 18.6 Å². The molecular formula is C12H20N2O4S. The van der Waals surface area contributed by atoms with Gasteiger partial charge in [0.05, 0.1) is 13.2 Å². The summed E-state index contributed by atoms with van der Waals surface area (Å²) in [6.07, 6.45) is -0.269. The van der Waals surface area contributed by atoms with Gasteiger partial charge in [0.15, 0.2) is 0 Å². The molecule has 0 saturated carbocycles. The first-order valence-corrected chi connectivity index (χ1v) is 6.97. The van der Waals surface area contributed by atoms with Crippen LogP contribution in [0.4, 0.5) is 4.79 Å². The summed E-state index contributed by atoms with van der Waals surface area (Å²) in [5.41, 5.74) is -0.626. The van der Waals surface area contributed by atoms with Gasteiger partial charge in [0, 0.05) is 17.9 Å². The van der Waals surface area contributed by atoms with Gasteiger partial charge >= 0.3 is 12.1 Å². The standard InChI is InChI=1S/C12H20N2O4S/c1-12(2,3)18-11(16)14-9(10(15)17-4)8-19-7-5-6-13/h9H,5,7-8H2,1-4H3,(H,14,16). The van der Waals surface area contributed by atoms with Gasteiger partial charge in [0.1, 0.15) is 11.6 Å². The molecule has 0 rings (SSSR count). The maximum atomic E-state index is 11.6. The average molecular weight is 288 g/mol. The molecule has 1 N–H and O–H groups in total. The molecule has 1 amide bonds. The lowest BCUT2D eigenvalue weighted by Crippen LogP contribution is -2.45. The fraction of sp³-hybridized carbons (Fsp3) is 0.750. The van der Waals surface area contributed by atoms with Crippen molar-refractivity contribution in [2.45, 2.75) is 38.8 Å². The van der Waals surface area contributed by atoms with Gasteiger partial charge in [-0.15, -0.1) is 0 Å². The topological polar surface area (TPSA) is 88.4 Å². The van der Waals surface area contributed by atoms with Crippen LogP contribution in [0.3, 0.4) is 0 Å². The predicted molar refractivity (Wildman–Crippen MR) is 72.7 cm³/mol. The molecule has 0 aromatic rings. The van der Waals surface area contributed by atoms with Crippen molar-refractivity contribution in [3.8, 4) is 6.07 Å². The fourth-order valence-electron chi connectivity index (χ4n) is 1.08. The van der Waals surface area contributed by atoms with Crippen molar-refractivity contribution in [2.24, 2.45) is 0 Å². The molecule has 108 valence electrons. The van der Waals surface area contributed by atoms with Crippen molar-refractivity contribution in [3.63, 3.8) is 0 Å². The third-order valence-electron chi connectivity index (χ3n) is 1.82. The molecule has 0 radical (unpaired) electrons. The Bertz CT molecular complexity index is 347. The van der Waals surface area contributed by atoms with Gasteiger partial charge < -0.3 is 14.8 Å². The molecule has 0 heterocycles. The Morgan fingerprint density at radius 2 is 2.05 bits per heavy atom. The average Bonchev–Trinajstić information content (AvgIpc) is 2.29. The highest BCUT2D eigenvalue weighted by Crippen LogP contribution is 2.09. The number of nitriles is 1. The first kappa shape index (κ1) is 17.6. The maximum absolute atomic E-state index is 11.6. The van der Waals surface area contributed by atoms with E-state index in [4.69, 9.17) is 10.00 Å². The van der Waals surface area contributed by atoms with Crippen LogP contribution in [0.15, 0.2) is 0 Å². The molecule has 0 spiro atoms. The van der Waals surface area contributed by atoms with E-state index in [1.165, 1.54) is 18.9 Å². The largest absolute Gasteiger partial charge is 0.467 e. The fourth-order valence-corrected chi connectivity index (χ4v) is 1.94. The van der Waals surface area contributed by atoms with Crippen molar-refractivity contribution in [3.05, 3.63) is 0 Å². The number of amides is 1. The zero-order chi connectivity index (χ0) is 14.9. The van der Waals surface area contributed by atoms with E-state index >= 15 is 0 Å². The Hall–Kier alpha value is -1.42. The van der Waals surface area contributed by atoms with E-state index < -0.39 is 23.7 Å². The molecule has 1 atom stereocenters. The number of rotatable bonds is 6. The summed E-state index contributed by atoms with van der Waals surface area (Å²) in [4.78, 5) is 23.1. The molecular weight excluding hydrogens is 268 g/mol. The lowest BCUT2D eigenvalue weighted by molar-refractivity contribution is -0.142. The van der Waals surface area contributed by atoms with Gasteiger partial charge in [0.2, 0.25) is 0 Å². The molecule has 19 heavy (non-hydrogen) atoms. The van der Waals surface area contributed by atoms with Crippen LogP contribution in [0.1, 0.15) is 27.2 Å². The van der Waals surface area contributed by atoms with Gasteiger partial charge in [0.25, 0.3) is 0 Å². The molecule has 0 aromatic carbocycles. The number of hydrogen-bond acceptors (Lipinski definition) is 6. The van der Waals surface area contributed by atoms with Crippen molar-refractivity contribution < 1.29 is 19.1 Å². The van der Waals surface area contributed by atoms with Crippen LogP contribution >= 0.6 is 11.8 Å². The van der Waals surface area contributed by atoms with Gasteiger partial charge in [-0.3, -0.25) is 0 Å². The molecule has 0 aliphatic rings. The Balaban J connectivity index is 4.32. The van der Waals surface area contributed by atoms with Crippen molar-refractivity contribution >= 4 is 23.8 Å². The number of carbonyl (C=O) groups excluding carboxylic acids is 2. The zero-order valence-electron chi connectivity index (χ0n) is 11.7. The lowest BCUT2D eigenvalue weighted by Gasteiger charge is -2.22. The Kier molecular flexibility index (Phi) is 8.00. The Morgan fingerprint density at radius 3 is 2.53 bits per heavy atom. The molecule has 0 saturated heterocycles. The van der Waals surface area contributed by atoms with Gasteiger partial charge in [-0.2, -0.15) is 17.0 Å². The van der Waals surface area contributed by atoms with Crippen LogP contribution in [0.2, 0.25) is 0 Å². The molecule has 0 aliphatic heterocycles. The molecule has 0 bridgehead atoms. The Labute approximate surface area is 117 Å². The van der Waals surface area contributed by atoms with E-state index in [9.17, 15) is 9.59 Å². The Morgan fingerprint density at radius 1 is 1.42 bits per heavy atom. The first-order chi connectivity index (χ1) is 8.80. The summed E-state index contributed by atoms with van der Waals surface area (Å²) in [7, 11) is 1.26. The molecule has 0 aliphatic carbocycles. The second-order valence-corrected chi connectivity index (χ2v) is 5.85. The molecule has 6 nitrogen and oxygen atoms in total. The van der Waals surface area contributed by atoms with E-state index in [0.717, 1.165) is 0 Å². The quantitative estimate of drug-likeness (QED) is 0.591. The van der Waals surface area contributed by atoms with Crippen molar-refractivity contribution in [1.82, 2.24) is 5.32 Å². The van der Waals surface area contributed by atoms with Crippen LogP contribution in [0.5, 0.6) is 0 Å². The minimum absolute atomic E-state index is 0.341. The molecule has 7 heteroatoms. The highest BCUT2D eigenvalue weighted by molar-refractivity contribution is 7.99. The SMILES string of the molecule is COC(=O)C(CSCCC#N)NC(=O)OC(C)(C)C. The number of nitrogens with one attached hydrogen (secondary N) is 1. The van der Waals surface area contributed by atoms with E-state index in [1.807, 2.05) is 6.07 Å². The monoisotopic (exact) mass is 288 g/mol. The van der Waals surface area contributed by atoms with E-state index in [0.29, 0.717) is 17.9 Å².